The van der Waals surface area contributed by atoms with E-state index < -0.39 is 39.4 Å². The lowest BCUT2D eigenvalue weighted by Crippen LogP contribution is -2.30. The fourth-order valence-corrected chi connectivity index (χ4v) is 3.73. The van der Waals surface area contributed by atoms with E-state index in [1.807, 2.05) is 0 Å². The van der Waals surface area contributed by atoms with E-state index in [9.17, 15) is 22.8 Å². The number of aliphatic carboxylic acids is 1. The molecule has 0 aliphatic carbocycles. The molecule has 1 heterocycles. The third kappa shape index (κ3) is 4.00. The van der Waals surface area contributed by atoms with Crippen LogP contribution in [0.25, 0.3) is 0 Å². The molecule has 1 aromatic rings. The van der Waals surface area contributed by atoms with Crippen LogP contribution in [0.5, 0.6) is 0 Å². The highest BCUT2D eigenvalue weighted by Gasteiger charge is 2.29. The van der Waals surface area contributed by atoms with E-state index in [1.54, 1.807) is 4.72 Å². The number of sulfonamides is 1. The maximum Gasteiger partial charge on any atom is 0.349 e. The highest BCUT2D eigenvalue weighted by atomic mass is 32.2. The van der Waals surface area contributed by atoms with Crippen LogP contribution in [0.1, 0.15) is 19.3 Å². The van der Waals surface area contributed by atoms with Crippen LogP contribution < -0.4 is 4.72 Å². The molecule has 0 fully saturated rings. The first-order chi connectivity index (χ1) is 9.72. The second kappa shape index (κ2) is 6.65. The van der Waals surface area contributed by atoms with Crippen LogP contribution in [0.15, 0.2) is 11.0 Å². The summed E-state index contributed by atoms with van der Waals surface area (Å²) < 4.78 is 34.6. The Morgan fingerprint density at radius 3 is 2.29 bits per heavy atom. The van der Waals surface area contributed by atoms with Gasteiger partial charge in [-0.05, 0) is 6.07 Å². The minimum Gasteiger partial charge on any atom is -0.480 e. The molecule has 0 saturated carbocycles. The van der Waals surface area contributed by atoms with Gasteiger partial charge < -0.3 is 14.6 Å². The average molecular weight is 337 g/mol. The first kappa shape index (κ1) is 17.1. The maximum absolute atomic E-state index is 12.0. The summed E-state index contributed by atoms with van der Waals surface area (Å²) in [5.41, 5.74) is 0. The summed E-state index contributed by atoms with van der Waals surface area (Å²) in [5, 5.41) is 8.49. The largest absolute Gasteiger partial charge is 0.480 e. The van der Waals surface area contributed by atoms with Crippen molar-refractivity contribution in [1.29, 1.82) is 0 Å². The summed E-state index contributed by atoms with van der Waals surface area (Å²) in [6.07, 6.45) is 0. The third-order valence-corrected chi connectivity index (χ3v) is 4.81. The lowest BCUT2D eigenvalue weighted by atomic mass is 10.4. The summed E-state index contributed by atoms with van der Waals surface area (Å²) in [7, 11) is -2.15. The predicted molar refractivity (Wildman–Crippen MR) is 69.8 cm³/mol. The number of methoxy groups -OCH3 is 2. The summed E-state index contributed by atoms with van der Waals surface area (Å²) in [6, 6.07) is 0.924. The SMILES string of the molecule is COC(=O)c1cc(S(=O)(=O)NCC(=O)O)c(C(=O)OC)s1. The van der Waals surface area contributed by atoms with Crippen molar-refractivity contribution >= 4 is 39.3 Å². The molecule has 0 atom stereocenters. The van der Waals surface area contributed by atoms with Gasteiger partial charge in [0.05, 0.1) is 14.2 Å². The molecule has 0 unspecified atom stereocenters. The van der Waals surface area contributed by atoms with Crippen LogP contribution in [-0.4, -0.2) is 52.2 Å². The Hall–Kier alpha value is -1.98. The van der Waals surface area contributed by atoms with Gasteiger partial charge in [-0.3, -0.25) is 4.79 Å². The summed E-state index contributed by atoms with van der Waals surface area (Å²) in [6.45, 7) is -0.869. The van der Waals surface area contributed by atoms with Gasteiger partial charge in [-0.2, -0.15) is 4.72 Å². The second-order valence-corrected chi connectivity index (χ2v) is 6.29. The van der Waals surface area contributed by atoms with Gasteiger partial charge >= 0.3 is 17.9 Å². The molecule has 9 nitrogen and oxygen atoms in total. The van der Waals surface area contributed by atoms with E-state index in [0.29, 0.717) is 11.3 Å². The van der Waals surface area contributed by atoms with Crippen LogP contribution >= 0.6 is 11.3 Å². The van der Waals surface area contributed by atoms with Crippen LogP contribution in [0.4, 0.5) is 0 Å². The monoisotopic (exact) mass is 337 g/mol. The number of carbonyl (C=O) groups excluding carboxylic acids is 2. The molecule has 1 rings (SSSR count). The molecule has 1 aromatic heterocycles. The Morgan fingerprint density at radius 2 is 1.81 bits per heavy atom. The first-order valence-electron chi connectivity index (χ1n) is 5.25. The Labute approximate surface area is 123 Å². The fraction of sp³-hybridized carbons (Fsp3) is 0.300. The molecule has 2 N–H and O–H groups in total. The number of carbonyl (C=O) groups is 3. The second-order valence-electron chi connectivity index (χ2n) is 3.51. The number of thiophene rings is 1. The molecular formula is C10H11NO8S2. The van der Waals surface area contributed by atoms with Crippen LogP contribution in [-0.2, 0) is 24.3 Å². The highest BCUT2D eigenvalue weighted by Crippen LogP contribution is 2.27. The van der Waals surface area contributed by atoms with Gasteiger partial charge in [-0.1, -0.05) is 0 Å². The van der Waals surface area contributed by atoms with Gasteiger partial charge in [0.15, 0.2) is 0 Å². The molecular weight excluding hydrogens is 326 g/mol. The highest BCUT2D eigenvalue weighted by molar-refractivity contribution is 7.89. The van der Waals surface area contributed by atoms with Crippen molar-refractivity contribution in [2.45, 2.75) is 4.90 Å². The number of carboxylic acid groups (broad SMARTS) is 1. The number of esters is 2. The van der Waals surface area contributed by atoms with E-state index in [4.69, 9.17) is 5.11 Å². The van der Waals surface area contributed by atoms with Gasteiger partial charge in [0, 0.05) is 0 Å². The number of nitrogens with one attached hydrogen (secondary N) is 1. The lowest BCUT2D eigenvalue weighted by molar-refractivity contribution is -0.135. The van der Waals surface area contributed by atoms with Gasteiger partial charge in [-0.25, -0.2) is 18.0 Å². The molecule has 0 amide bonds. The number of carboxylic acids is 1. The predicted octanol–water partition coefficient (Wildman–Crippen LogP) is -0.316. The van der Waals surface area contributed by atoms with Crippen molar-refractivity contribution in [3.63, 3.8) is 0 Å². The normalized spacial score (nSPS) is 11.0. The van der Waals surface area contributed by atoms with Crippen molar-refractivity contribution in [3.8, 4) is 0 Å². The Morgan fingerprint density at radius 1 is 1.24 bits per heavy atom. The molecule has 11 heteroatoms. The molecule has 0 bridgehead atoms. The quantitative estimate of drug-likeness (QED) is 0.674. The minimum atomic E-state index is -4.29. The van der Waals surface area contributed by atoms with Gasteiger partial charge in [0.2, 0.25) is 10.0 Å². The van der Waals surface area contributed by atoms with Crippen LogP contribution in [0.3, 0.4) is 0 Å². The summed E-state index contributed by atoms with van der Waals surface area (Å²) in [4.78, 5) is 32.4. The maximum atomic E-state index is 12.0. The van der Waals surface area contributed by atoms with Crippen LogP contribution in [0.2, 0.25) is 0 Å². The van der Waals surface area contributed by atoms with E-state index in [0.717, 1.165) is 20.3 Å². The Bertz CT molecular complexity index is 675. The molecule has 0 aliphatic heterocycles. The average Bonchev–Trinajstić information content (AvgIpc) is 2.89. The zero-order valence-electron chi connectivity index (χ0n) is 10.9. The Kier molecular flexibility index (Phi) is 5.41. The Balaban J connectivity index is 3.32. The zero-order valence-corrected chi connectivity index (χ0v) is 12.5. The molecule has 116 valence electrons. The molecule has 0 aromatic carbocycles. The van der Waals surface area contributed by atoms with Gasteiger partial charge in [0.25, 0.3) is 0 Å². The third-order valence-electron chi connectivity index (χ3n) is 2.16. The van der Waals surface area contributed by atoms with E-state index >= 15 is 0 Å². The van der Waals surface area contributed by atoms with E-state index in [1.165, 1.54) is 0 Å². The van der Waals surface area contributed by atoms with E-state index in [-0.39, 0.29) is 9.75 Å². The molecule has 21 heavy (non-hydrogen) atoms. The van der Waals surface area contributed by atoms with Crippen molar-refractivity contribution < 1.29 is 37.4 Å². The molecule has 0 radical (unpaired) electrons. The topological polar surface area (TPSA) is 136 Å². The fourth-order valence-electron chi connectivity index (χ4n) is 1.24. The van der Waals surface area contributed by atoms with Gasteiger partial charge in [-0.15, -0.1) is 11.3 Å². The smallest absolute Gasteiger partial charge is 0.349 e. The van der Waals surface area contributed by atoms with Crippen molar-refractivity contribution in [1.82, 2.24) is 4.72 Å². The summed E-state index contributed by atoms with van der Waals surface area (Å²) in [5.74, 6) is -3.20. The molecule has 0 spiro atoms. The molecule has 0 saturated heterocycles. The number of rotatable bonds is 6. The number of hydrogen-bond acceptors (Lipinski definition) is 8. The zero-order chi connectivity index (χ0) is 16.2. The first-order valence-corrected chi connectivity index (χ1v) is 7.54. The van der Waals surface area contributed by atoms with E-state index in [2.05, 4.69) is 9.47 Å². The van der Waals surface area contributed by atoms with Crippen LogP contribution in [0, 0.1) is 0 Å². The molecule has 0 aliphatic rings. The number of hydrogen-bond donors (Lipinski definition) is 2. The van der Waals surface area contributed by atoms with Crippen molar-refractivity contribution in [2.75, 3.05) is 20.8 Å². The van der Waals surface area contributed by atoms with Crippen molar-refractivity contribution in [2.24, 2.45) is 0 Å². The van der Waals surface area contributed by atoms with Crippen molar-refractivity contribution in [3.05, 3.63) is 15.8 Å². The summed E-state index contributed by atoms with van der Waals surface area (Å²) >= 11 is 0.570. The van der Waals surface area contributed by atoms with Gasteiger partial charge in [0.1, 0.15) is 21.2 Å². The number of ether oxygens (including phenoxy) is 2. The minimum absolute atomic E-state index is 0.131. The lowest BCUT2D eigenvalue weighted by Gasteiger charge is -2.04. The standard InChI is InChI=1S/C10H11NO8S2/c1-18-9(14)5-3-6(8(20-5)10(15)19-2)21(16,17)11-4-7(12)13/h3,11H,4H2,1-2H3,(H,12,13).